The van der Waals surface area contributed by atoms with Crippen molar-refractivity contribution in [1.29, 1.82) is 0 Å². The van der Waals surface area contributed by atoms with E-state index in [9.17, 15) is 17.6 Å². The lowest BCUT2D eigenvalue weighted by atomic mass is 9.95. The van der Waals surface area contributed by atoms with Crippen LogP contribution in [0.3, 0.4) is 0 Å². The molecule has 2 saturated heterocycles. The molecule has 254 valence electrons. The summed E-state index contributed by atoms with van der Waals surface area (Å²) in [6.07, 6.45) is -1.24. The molecule has 0 saturated carbocycles. The number of fused-ring (bicyclic) bond motifs is 1. The number of alkyl halides is 4. The van der Waals surface area contributed by atoms with Crippen molar-refractivity contribution in [2.24, 2.45) is 0 Å². The topological polar surface area (TPSA) is 141 Å². The second kappa shape index (κ2) is 11.7. The Labute approximate surface area is 276 Å². The van der Waals surface area contributed by atoms with E-state index in [-0.39, 0.29) is 72.9 Å². The molecule has 7 rings (SSSR count). The van der Waals surface area contributed by atoms with Gasteiger partial charge in [0.05, 0.1) is 45.4 Å². The summed E-state index contributed by atoms with van der Waals surface area (Å²) in [5.41, 5.74) is 8.44. The quantitative estimate of drug-likeness (QED) is 0.241. The molecule has 6 heterocycles. The molecular formula is C31H31ClF5N9O2. The summed E-state index contributed by atoms with van der Waals surface area (Å²) < 4.78 is 86.9. The van der Waals surface area contributed by atoms with Gasteiger partial charge in [0.1, 0.15) is 48.0 Å². The number of hydrogen-bond acceptors (Lipinski definition) is 11. The standard InChI is InChI=1S/C31H31ClF5N9O2/c1-14-10-17(38)42-24(20(14)31(35,36)37)18-21(32)26-19-25(22(18)34)43-29(48-13-30-4-3-7-45(30)12-16(33)11-30)44-28(19)46(8-9-47-26)15(2)23-27(39)41-6-5-40-23/h5-6,10,15-16H,3-4,7-9,11-13H2,1-2H3,(H2,38,42)(H2,39,41)/t15-,16+,30-/m0/s1. The third kappa shape index (κ3) is 5.25. The molecule has 3 aliphatic heterocycles. The van der Waals surface area contributed by atoms with E-state index in [4.69, 9.17) is 32.5 Å². The van der Waals surface area contributed by atoms with Crippen LogP contribution < -0.4 is 25.8 Å². The average Bonchev–Trinajstić information content (AvgIpc) is 3.46. The van der Waals surface area contributed by atoms with Crippen LogP contribution in [0.1, 0.15) is 49.0 Å². The number of anilines is 3. The van der Waals surface area contributed by atoms with Crippen LogP contribution >= 0.6 is 11.6 Å². The number of nitrogen functional groups attached to an aromatic ring is 2. The van der Waals surface area contributed by atoms with Crippen molar-refractivity contribution in [2.45, 2.75) is 57.0 Å². The molecule has 0 aliphatic carbocycles. The van der Waals surface area contributed by atoms with Crippen LogP contribution in [-0.4, -0.2) is 74.4 Å². The Morgan fingerprint density at radius 1 is 1.17 bits per heavy atom. The minimum Gasteiger partial charge on any atom is -0.489 e. The SMILES string of the molecule is Cc1cc(N)nc(-c2c(Cl)c3c4c(nc(OC[C@@]56CCCN5C[C@H](F)C6)nc4c2F)N([C@@H](C)c2nccnc2N)CCO3)c1C(F)(F)F. The molecule has 0 unspecified atom stereocenters. The fourth-order valence-corrected chi connectivity index (χ4v) is 7.61. The third-order valence-corrected chi connectivity index (χ3v) is 9.76. The van der Waals surface area contributed by atoms with Crippen LogP contribution in [0.4, 0.5) is 39.4 Å². The first-order valence-corrected chi connectivity index (χ1v) is 15.7. The predicted molar refractivity (Wildman–Crippen MR) is 168 cm³/mol. The number of pyridine rings is 1. The van der Waals surface area contributed by atoms with Crippen molar-refractivity contribution in [3.8, 4) is 23.0 Å². The van der Waals surface area contributed by atoms with Gasteiger partial charge in [0.15, 0.2) is 11.6 Å². The predicted octanol–water partition coefficient (Wildman–Crippen LogP) is 5.68. The molecule has 0 radical (unpaired) electrons. The number of nitrogens with two attached hydrogens (primary N) is 2. The van der Waals surface area contributed by atoms with E-state index in [0.717, 1.165) is 12.5 Å². The third-order valence-electron chi connectivity index (χ3n) is 9.40. The Hall–Kier alpha value is -4.31. The van der Waals surface area contributed by atoms with E-state index in [0.29, 0.717) is 18.7 Å². The Morgan fingerprint density at radius 2 is 1.94 bits per heavy atom. The second-order valence-electron chi connectivity index (χ2n) is 12.4. The first kappa shape index (κ1) is 32.2. The highest BCUT2D eigenvalue weighted by Crippen LogP contribution is 2.51. The van der Waals surface area contributed by atoms with Gasteiger partial charge < -0.3 is 25.8 Å². The van der Waals surface area contributed by atoms with Gasteiger partial charge in [-0.05, 0) is 44.9 Å². The van der Waals surface area contributed by atoms with Crippen LogP contribution in [0.2, 0.25) is 5.02 Å². The number of halogens is 6. The molecule has 2 fully saturated rings. The zero-order valence-corrected chi connectivity index (χ0v) is 26.7. The summed E-state index contributed by atoms with van der Waals surface area (Å²) in [6, 6.07) is 0.186. The molecule has 11 nitrogen and oxygen atoms in total. The van der Waals surface area contributed by atoms with Crippen molar-refractivity contribution in [3.05, 3.63) is 46.1 Å². The Balaban J connectivity index is 1.46. The zero-order valence-electron chi connectivity index (χ0n) is 25.9. The molecule has 3 aromatic heterocycles. The second-order valence-corrected chi connectivity index (χ2v) is 12.8. The summed E-state index contributed by atoms with van der Waals surface area (Å²) in [6.45, 7) is 4.11. The van der Waals surface area contributed by atoms with Gasteiger partial charge in [0.25, 0.3) is 0 Å². The van der Waals surface area contributed by atoms with Gasteiger partial charge >= 0.3 is 12.2 Å². The number of hydrogen-bond donors (Lipinski definition) is 2. The summed E-state index contributed by atoms with van der Waals surface area (Å²) in [5.74, 6) is -1.34. The molecule has 48 heavy (non-hydrogen) atoms. The van der Waals surface area contributed by atoms with Gasteiger partial charge in [-0.25, -0.2) is 18.7 Å². The lowest BCUT2D eigenvalue weighted by molar-refractivity contribution is -0.137. The molecule has 0 spiro atoms. The number of aryl methyl sites for hydroxylation is 1. The first-order chi connectivity index (χ1) is 22.8. The van der Waals surface area contributed by atoms with Crippen molar-refractivity contribution < 1.29 is 31.4 Å². The fraction of sp³-hybridized carbons (Fsp3) is 0.452. The highest BCUT2D eigenvalue weighted by Gasteiger charge is 2.49. The fourth-order valence-electron chi connectivity index (χ4n) is 7.29. The van der Waals surface area contributed by atoms with Crippen LogP contribution in [0, 0.1) is 12.7 Å². The van der Waals surface area contributed by atoms with Gasteiger partial charge in [0.2, 0.25) is 0 Å². The van der Waals surface area contributed by atoms with Crippen molar-refractivity contribution in [1.82, 2.24) is 29.8 Å². The van der Waals surface area contributed by atoms with Gasteiger partial charge in [-0.1, -0.05) is 11.6 Å². The lowest BCUT2D eigenvalue weighted by Gasteiger charge is -2.31. The van der Waals surface area contributed by atoms with Gasteiger partial charge in [-0.3, -0.25) is 9.88 Å². The highest BCUT2D eigenvalue weighted by atomic mass is 35.5. The van der Waals surface area contributed by atoms with Crippen molar-refractivity contribution in [3.63, 3.8) is 0 Å². The summed E-state index contributed by atoms with van der Waals surface area (Å²) in [5, 5.41) is -0.463. The summed E-state index contributed by atoms with van der Waals surface area (Å²) in [4.78, 5) is 25.3. The number of nitrogens with zero attached hydrogens (tertiary/aromatic N) is 7. The Kier molecular flexibility index (Phi) is 7.85. The molecular weight excluding hydrogens is 661 g/mol. The largest absolute Gasteiger partial charge is 0.489 e. The summed E-state index contributed by atoms with van der Waals surface area (Å²) >= 11 is 6.76. The maximum absolute atomic E-state index is 16.9. The highest BCUT2D eigenvalue weighted by molar-refractivity contribution is 6.36. The molecule has 17 heteroatoms. The molecule has 4 aromatic rings. The van der Waals surface area contributed by atoms with E-state index in [2.05, 4.69) is 24.9 Å². The van der Waals surface area contributed by atoms with E-state index in [1.807, 2.05) is 4.90 Å². The van der Waals surface area contributed by atoms with E-state index in [1.165, 1.54) is 19.3 Å². The smallest absolute Gasteiger partial charge is 0.418 e. The van der Waals surface area contributed by atoms with E-state index in [1.54, 1.807) is 11.8 Å². The molecule has 3 aliphatic rings. The minimum atomic E-state index is -4.93. The number of ether oxygens (including phenoxy) is 2. The molecule has 1 aromatic carbocycles. The first-order valence-electron chi connectivity index (χ1n) is 15.3. The zero-order chi connectivity index (χ0) is 34.1. The Morgan fingerprint density at radius 3 is 2.69 bits per heavy atom. The van der Waals surface area contributed by atoms with Gasteiger partial charge in [0, 0.05) is 25.4 Å². The van der Waals surface area contributed by atoms with Gasteiger partial charge in [-0.15, -0.1) is 0 Å². The van der Waals surface area contributed by atoms with Crippen LogP contribution in [-0.2, 0) is 6.18 Å². The number of benzene rings is 1. The maximum atomic E-state index is 16.9. The lowest BCUT2D eigenvalue weighted by Crippen LogP contribution is -2.43. The monoisotopic (exact) mass is 691 g/mol. The van der Waals surface area contributed by atoms with E-state index >= 15 is 4.39 Å². The van der Waals surface area contributed by atoms with Crippen LogP contribution in [0.15, 0.2) is 18.5 Å². The van der Waals surface area contributed by atoms with Crippen molar-refractivity contribution in [2.75, 3.05) is 49.2 Å². The molecule has 4 N–H and O–H groups in total. The number of aromatic nitrogens is 5. The van der Waals surface area contributed by atoms with Crippen LogP contribution in [0.25, 0.3) is 22.2 Å². The van der Waals surface area contributed by atoms with E-state index < -0.39 is 57.1 Å². The van der Waals surface area contributed by atoms with Crippen LogP contribution in [0.5, 0.6) is 11.8 Å². The Bertz CT molecular complexity index is 1930. The average molecular weight is 692 g/mol. The molecule has 0 amide bonds. The van der Waals surface area contributed by atoms with Crippen molar-refractivity contribution >= 4 is 40.0 Å². The normalized spacial score (nSPS) is 21.7. The molecule has 0 bridgehead atoms. The number of rotatable bonds is 6. The minimum absolute atomic E-state index is 0.0000554. The summed E-state index contributed by atoms with van der Waals surface area (Å²) in [7, 11) is 0. The van der Waals surface area contributed by atoms with Gasteiger partial charge in [-0.2, -0.15) is 23.1 Å². The molecule has 3 atom stereocenters. The maximum Gasteiger partial charge on any atom is 0.418 e.